The Bertz CT molecular complexity index is 1030. The van der Waals surface area contributed by atoms with E-state index >= 15 is 0 Å². The second-order valence-electron chi connectivity index (χ2n) is 6.05. The van der Waals surface area contributed by atoms with Crippen LogP contribution in [0.2, 0.25) is 0 Å². The summed E-state index contributed by atoms with van der Waals surface area (Å²) in [5.41, 5.74) is 6.40. The van der Waals surface area contributed by atoms with Crippen LogP contribution in [0.5, 0.6) is 0 Å². The average molecular weight is 310 g/mol. The fourth-order valence-corrected chi connectivity index (χ4v) is 3.19. The zero-order valence-corrected chi connectivity index (χ0v) is 13.8. The van der Waals surface area contributed by atoms with Gasteiger partial charge in [0, 0.05) is 11.8 Å². The second kappa shape index (κ2) is 5.89. The Balaban J connectivity index is 1.88. The van der Waals surface area contributed by atoms with Crippen molar-refractivity contribution in [2.24, 2.45) is 0 Å². The van der Waals surface area contributed by atoms with Gasteiger partial charge in [0.15, 0.2) is 0 Å². The van der Waals surface area contributed by atoms with Gasteiger partial charge in [0.2, 0.25) is 0 Å². The van der Waals surface area contributed by atoms with E-state index in [1.54, 1.807) is 0 Å². The summed E-state index contributed by atoms with van der Waals surface area (Å²) in [7, 11) is 0. The molecule has 0 atom stereocenters. The summed E-state index contributed by atoms with van der Waals surface area (Å²) >= 11 is 0. The maximum absolute atomic E-state index is 4.58. The first-order valence-corrected chi connectivity index (χ1v) is 8.11. The first-order chi connectivity index (χ1) is 11.7. The topological polar surface area (TPSA) is 25.8 Å². The molecule has 0 N–H and O–H groups in total. The fourth-order valence-electron chi connectivity index (χ4n) is 3.19. The van der Waals surface area contributed by atoms with E-state index in [1.165, 1.54) is 21.9 Å². The highest BCUT2D eigenvalue weighted by atomic mass is 14.8. The molecule has 0 unspecified atom stereocenters. The molecule has 0 aliphatic carbocycles. The predicted molar refractivity (Wildman–Crippen MR) is 99.9 cm³/mol. The lowest BCUT2D eigenvalue weighted by Crippen LogP contribution is -1.94. The Morgan fingerprint density at radius 1 is 0.750 bits per heavy atom. The van der Waals surface area contributed by atoms with Crippen molar-refractivity contribution in [3.05, 3.63) is 84.3 Å². The molecule has 4 rings (SSSR count). The van der Waals surface area contributed by atoms with Gasteiger partial charge in [0.25, 0.3) is 0 Å². The number of nitrogens with zero attached hydrogens (tertiary/aromatic N) is 2. The summed E-state index contributed by atoms with van der Waals surface area (Å²) in [4.78, 5) is 9.12. The molecule has 0 saturated heterocycles. The van der Waals surface area contributed by atoms with Crippen LogP contribution in [0.15, 0.2) is 72.9 Å². The highest BCUT2D eigenvalue weighted by Gasteiger charge is 2.08. The Kier molecular flexibility index (Phi) is 3.58. The van der Waals surface area contributed by atoms with Gasteiger partial charge in [0.1, 0.15) is 0 Å². The van der Waals surface area contributed by atoms with E-state index in [0.717, 1.165) is 22.6 Å². The number of benzene rings is 3. The van der Waals surface area contributed by atoms with E-state index in [4.69, 9.17) is 0 Å². The maximum atomic E-state index is 4.58. The fraction of sp³-hybridized carbons (Fsp3) is 0.0909. The summed E-state index contributed by atoms with van der Waals surface area (Å²) in [5.74, 6) is 0. The normalized spacial score (nSPS) is 10.9. The summed E-state index contributed by atoms with van der Waals surface area (Å²) in [6, 6.07) is 23.5. The van der Waals surface area contributed by atoms with E-state index in [2.05, 4.69) is 76.7 Å². The zero-order chi connectivity index (χ0) is 16.5. The van der Waals surface area contributed by atoms with Crippen molar-refractivity contribution in [2.45, 2.75) is 13.8 Å². The first-order valence-electron chi connectivity index (χ1n) is 8.11. The summed E-state index contributed by atoms with van der Waals surface area (Å²) < 4.78 is 0. The first kappa shape index (κ1) is 14.6. The van der Waals surface area contributed by atoms with Crippen molar-refractivity contribution < 1.29 is 0 Å². The van der Waals surface area contributed by atoms with Crippen LogP contribution in [0, 0.1) is 13.8 Å². The van der Waals surface area contributed by atoms with Crippen LogP contribution in [0.1, 0.15) is 11.4 Å². The van der Waals surface area contributed by atoms with Crippen LogP contribution < -0.4 is 0 Å². The van der Waals surface area contributed by atoms with Crippen LogP contribution in [-0.2, 0) is 0 Å². The molecule has 1 heterocycles. The van der Waals surface area contributed by atoms with Crippen LogP contribution in [0.25, 0.3) is 33.2 Å². The average Bonchev–Trinajstić information content (AvgIpc) is 2.61. The van der Waals surface area contributed by atoms with E-state index in [0.29, 0.717) is 0 Å². The molecular formula is C22H18N2. The van der Waals surface area contributed by atoms with Crippen molar-refractivity contribution in [3.8, 4) is 22.4 Å². The molecule has 0 aliphatic heterocycles. The smallest absolute Gasteiger partial charge is 0.0914 e. The quantitative estimate of drug-likeness (QED) is 0.483. The van der Waals surface area contributed by atoms with Gasteiger partial charge < -0.3 is 0 Å². The number of hydrogen-bond acceptors (Lipinski definition) is 2. The number of aromatic nitrogens is 2. The highest BCUT2D eigenvalue weighted by molar-refractivity contribution is 5.97. The molecule has 0 fully saturated rings. The van der Waals surface area contributed by atoms with Gasteiger partial charge in [-0.15, -0.1) is 0 Å². The number of rotatable bonds is 2. The highest BCUT2D eigenvalue weighted by Crippen LogP contribution is 2.31. The second-order valence-corrected chi connectivity index (χ2v) is 6.05. The molecule has 0 radical (unpaired) electrons. The number of aryl methyl sites for hydroxylation is 2. The molecule has 0 saturated carbocycles. The Morgan fingerprint density at radius 2 is 1.50 bits per heavy atom. The molecule has 0 bridgehead atoms. The third-order valence-electron chi connectivity index (χ3n) is 4.30. The van der Waals surface area contributed by atoms with Gasteiger partial charge in [-0.3, -0.25) is 9.97 Å². The predicted octanol–water partition coefficient (Wildman–Crippen LogP) is 5.58. The molecule has 4 aromatic rings. The largest absolute Gasteiger partial charge is 0.255 e. The molecule has 116 valence electrons. The van der Waals surface area contributed by atoms with Gasteiger partial charge in [-0.1, -0.05) is 60.7 Å². The summed E-state index contributed by atoms with van der Waals surface area (Å²) in [6.45, 7) is 3.98. The van der Waals surface area contributed by atoms with E-state index in [1.807, 2.05) is 20.0 Å². The van der Waals surface area contributed by atoms with E-state index < -0.39 is 0 Å². The monoisotopic (exact) mass is 310 g/mol. The molecule has 1 aromatic heterocycles. The lowest BCUT2D eigenvalue weighted by molar-refractivity contribution is 1.06. The lowest BCUT2D eigenvalue weighted by Gasteiger charge is -2.10. The van der Waals surface area contributed by atoms with Crippen molar-refractivity contribution in [1.29, 1.82) is 0 Å². The van der Waals surface area contributed by atoms with Crippen molar-refractivity contribution >= 4 is 10.8 Å². The van der Waals surface area contributed by atoms with Gasteiger partial charge >= 0.3 is 0 Å². The maximum Gasteiger partial charge on any atom is 0.0914 e. The standard InChI is InChI=1S/C22H18N2/c1-15-14-23-22(16(2)24-15)19-10-5-9-18(13-19)21-12-6-8-17-7-3-4-11-20(17)21/h3-14H,1-2H3. The zero-order valence-electron chi connectivity index (χ0n) is 13.8. The number of fused-ring (bicyclic) bond motifs is 1. The van der Waals surface area contributed by atoms with Crippen LogP contribution in [0.4, 0.5) is 0 Å². The molecular weight excluding hydrogens is 292 g/mol. The molecule has 0 amide bonds. The molecule has 0 aliphatic rings. The summed E-state index contributed by atoms with van der Waals surface area (Å²) in [6.07, 6.45) is 1.83. The van der Waals surface area contributed by atoms with Crippen LogP contribution >= 0.6 is 0 Å². The van der Waals surface area contributed by atoms with Crippen LogP contribution in [0.3, 0.4) is 0 Å². The van der Waals surface area contributed by atoms with E-state index in [9.17, 15) is 0 Å². The molecule has 24 heavy (non-hydrogen) atoms. The van der Waals surface area contributed by atoms with Gasteiger partial charge in [0.05, 0.1) is 17.1 Å². The van der Waals surface area contributed by atoms with Crippen molar-refractivity contribution in [1.82, 2.24) is 9.97 Å². The molecule has 0 spiro atoms. The lowest BCUT2D eigenvalue weighted by atomic mass is 9.96. The molecule has 2 nitrogen and oxygen atoms in total. The minimum Gasteiger partial charge on any atom is -0.255 e. The van der Waals surface area contributed by atoms with Crippen molar-refractivity contribution in [3.63, 3.8) is 0 Å². The van der Waals surface area contributed by atoms with Crippen molar-refractivity contribution in [2.75, 3.05) is 0 Å². The van der Waals surface area contributed by atoms with E-state index in [-0.39, 0.29) is 0 Å². The minimum atomic E-state index is 0.946. The molecule has 2 heteroatoms. The van der Waals surface area contributed by atoms with Crippen LogP contribution in [-0.4, -0.2) is 9.97 Å². The summed E-state index contributed by atoms with van der Waals surface area (Å²) in [5, 5.41) is 2.52. The number of hydrogen-bond donors (Lipinski definition) is 0. The Morgan fingerprint density at radius 3 is 2.38 bits per heavy atom. The van der Waals surface area contributed by atoms with Gasteiger partial charge in [-0.25, -0.2) is 0 Å². The minimum absolute atomic E-state index is 0.946. The molecule has 3 aromatic carbocycles. The SMILES string of the molecule is Cc1cnc(-c2cccc(-c3cccc4ccccc34)c2)c(C)n1. The van der Waals surface area contributed by atoms with Gasteiger partial charge in [-0.2, -0.15) is 0 Å². The Hall–Kier alpha value is -3.00. The Labute approximate surface area is 141 Å². The third kappa shape index (κ3) is 2.56. The van der Waals surface area contributed by atoms with Gasteiger partial charge in [-0.05, 0) is 41.8 Å². The third-order valence-corrected chi connectivity index (χ3v) is 4.30.